The summed E-state index contributed by atoms with van der Waals surface area (Å²) in [4.78, 5) is 41.8. The largest absolute Gasteiger partial charge is 0.354 e. The summed E-state index contributed by atoms with van der Waals surface area (Å²) in [6.07, 6.45) is 12.5. The summed E-state index contributed by atoms with van der Waals surface area (Å²) in [7, 11) is -2.23. The molecule has 0 aromatic heterocycles. The van der Waals surface area contributed by atoms with Crippen LogP contribution in [0.1, 0.15) is 82.6 Å². The van der Waals surface area contributed by atoms with E-state index in [-0.39, 0.29) is 30.1 Å². The van der Waals surface area contributed by atoms with E-state index in [1.807, 2.05) is 25.1 Å². The normalized spacial score (nSPS) is 21.2. The van der Waals surface area contributed by atoms with Gasteiger partial charge in [-0.3, -0.25) is 30.0 Å². The number of carbonyl (C=O) groups is 3. The fraction of sp³-hybridized carbons (Fsp3) is 0.533. The molecule has 2 aliphatic carbocycles. The number of imide groups is 1. The third-order valence-electron chi connectivity index (χ3n) is 8.39. The van der Waals surface area contributed by atoms with Gasteiger partial charge in [0.25, 0.3) is 0 Å². The maximum Gasteiger partial charge on any atom is 0.243 e. The first-order chi connectivity index (χ1) is 19.3. The van der Waals surface area contributed by atoms with Gasteiger partial charge in [-0.2, -0.15) is 8.42 Å². The molecule has 1 aromatic carbocycles. The van der Waals surface area contributed by atoms with E-state index in [0.29, 0.717) is 48.7 Å². The Labute approximate surface area is 237 Å². The van der Waals surface area contributed by atoms with Crippen LogP contribution in [0.25, 0.3) is 0 Å². The van der Waals surface area contributed by atoms with Crippen molar-refractivity contribution in [2.45, 2.75) is 83.1 Å². The van der Waals surface area contributed by atoms with Crippen LogP contribution in [0.4, 0.5) is 5.69 Å². The number of benzene rings is 1. The van der Waals surface area contributed by atoms with Gasteiger partial charge in [0, 0.05) is 25.3 Å². The molecule has 1 saturated heterocycles. The molecule has 1 unspecified atom stereocenters. The minimum absolute atomic E-state index is 0.0219. The van der Waals surface area contributed by atoms with Crippen LogP contribution in [0.3, 0.4) is 0 Å². The number of likely N-dealkylation sites (tertiary alicyclic amines) is 1. The van der Waals surface area contributed by atoms with Crippen LogP contribution < -0.4 is 10.8 Å². The van der Waals surface area contributed by atoms with E-state index in [2.05, 4.69) is 10.8 Å². The van der Waals surface area contributed by atoms with Crippen LogP contribution >= 0.6 is 0 Å². The van der Waals surface area contributed by atoms with Crippen molar-refractivity contribution in [1.29, 1.82) is 0 Å². The van der Waals surface area contributed by atoms with E-state index < -0.39 is 22.3 Å². The molecular weight excluding hydrogens is 530 g/mol. The van der Waals surface area contributed by atoms with Crippen molar-refractivity contribution < 1.29 is 28.0 Å². The Morgan fingerprint density at radius 3 is 2.42 bits per heavy atom. The highest BCUT2D eigenvalue weighted by molar-refractivity contribution is 7.73. The number of allylic oxidation sites excluding steroid dienone is 3. The standard InChI is InChI=1S/C30H39N3O6S/c1-20(23-9-11-25(32-37)12-10-23)17-24-19-28(34)33(30(24)36)27(18-22-5-3-2-4-6-22)29(35)31-16-15-21-7-13-26(14-8-21)40(38)39/h7-13,20,22,24,27,32,37H,2-6,14-19H2,1H3,(H,31,35)/t20?,24-,27+/m1/s1. The van der Waals surface area contributed by atoms with Gasteiger partial charge in [-0.15, -0.1) is 0 Å². The Hall–Kier alpha value is -3.24. The fourth-order valence-corrected chi connectivity index (χ4v) is 6.47. The number of hydrogen-bond acceptors (Lipinski definition) is 7. The van der Waals surface area contributed by atoms with Crippen molar-refractivity contribution in [2.24, 2.45) is 11.8 Å². The SMILES string of the molecule is CC(C[C@@H]1CC(=O)N([C@@H](CC2CCCCC2)C(=O)NCCC2=CCC(=S(=O)=O)C=C2)C1=O)c1ccc(NO)cc1. The Kier molecular flexibility index (Phi) is 10.3. The zero-order valence-electron chi connectivity index (χ0n) is 23.0. The lowest BCUT2D eigenvalue weighted by atomic mass is 9.84. The molecule has 1 heterocycles. The summed E-state index contributed by atoms with van der Waals surface area (Å²) in [5, 5.41) is 12.0. The number of rotatable bonds is 11. The summed E-state index contributed by atoms with van der Waals surface area (Å²) >= 11 is 0. The van der Waals surface area contributed by atoms with Gasteiger partial charge in [-0.05, 0) is 60.4 Å². The second-order valence-corrected chi connectivity index (χ2v) is 12.2. The van der Waals surface area contributed by atoms with E-state index in [1.54, 1.807) is 24.3 Å². The van der Waals surface area contributed by atoms with Gasteiger partial charge in [-0.25, -0.2) is 0 Å². The van der Waals surface area contributed by atoms with Gasteiger partial charge in [0.05, 0.1) is 10.6 Å². The predicted octanol–water partition coefficient (Wildman–Crippen LogP) is 4.14. The van der Waals surface area contributed by atoms with Gasteiger partial charge < -0.3 is 5.32 Å². The van der Waals surface area contributed by atoms with Gasteiger partial charge in [0.1, 0.15) is 6.04 Å². The molecule has 10 heteroatoms. The lowest BCUT2D eigenvalue weighted by Crippen LogP contribution is -2.51. The topological polar surface area (TPSA) is 133 Å². The molecule has 0 spiro atoms. The molecule has 0 radical (unpaired) electrons. The van der Waals surface area contributed by atoms with Gasteiger partial charge in [-0.1, -0.05) is 63.3 Å². The number of carbonyl (C=O) groups excluding carboxylic acids is 3. The average molecular weight is 570 g/mol. The first-order valence-corrected chi connectivity index (χ1v) is 15.3. The van der Waals surface area contributed by atoms with E-state index in [0.717, 1.165) is 36.8 Å². The van der Waals surface area contributed by atoms with Crippen LogP contribution in [0.5, 0.6) is 0 Å². The smallest absolute Gasteiger partial charge is 0.243 e. The molecule has 9 nitrogen and oxygen atoms in total. The monoisotopic (exact) mass is 569 g/mol. The molecule has 216 valence electrons. The number of hydrogen-bond donors (Lipinski definition) is 3. The summed E-state index contributed by atoms with van der Waals surface area (Å²) in [5.41, 5.74) is 4.62. The summed E-state index contributed by atoms with van der Waals surface area (Å²) in [6, 6.07) is 6.46. The lowest BCUT2D eigenvalue weighted by molar-refractivity contribution is -0.148. The zero-order chi connectivity index (χ0) is 28.6. The van der Waals surface area contributed by atoms with E-state index in [9.17, 15) is 22.8 Å². The van der Waals surface area contributed by atoms with Crippen LogP contribution in [0.2, 0.25) is 0 Å². The first-order valence-electron chi connectivity index (χ1n) is 14.2. The Morgan fingerprint density at radius 1 is 1.07 bits per heavy atom. The third-order valence-corrected chi connectivity index (χ3v) is 9.13. The molecule has 40 heavy (non-hydrogen) atoms. The number of anilines is 1. The van der Waals surface area contributed by atoms with Crippen LogP contribution in [-0.2, 0) is 24.7 Å². The lowest BCUT2D eigenvalue weighted by Gasteiger charge is -2.31. The molecule has 1 aliphatic heterocycles. The van der Waals surface area contributed by atoms with Crippen molar-refractivity contribution >= 4 is 38.6 Å². The Bertz CT molecular complexity index is 1290. The van der Waals surface area contributed by atoms with Crippen LogP contribution in [0, 0.1) is 11.8 Å². The molecule has 3 amide bonds. The molecule has 1 saturated carbocycles. The number of amides is 3. The molecule has 3 atom stereocenters. The molecule has 3 N–H and O–H groups in total. The Morgan fingerprint density at radius 2 is 1.80 bits per heavy atom. The van der Waals surface area contributed by atoms with E-state index in [4.69, 9.17) is 5.21 Å². The summed E-state index contributed by atoms with van der Waals surface area (Å²) in [5.74, 6) is -1.02. The molecule has 2 fully saturated rings. The average Bonchev–Trinajstić information content (AvgIpc) is 3.24. The Balaban J connectivity index is 1.41. The molecular formula is C30H39N3O6S. The number of nitrogens with zero attached hydrogens (tertiary/aromatic N) is 1. The summed E-state index contributed by atoms with van der Waals surface area (Å²) in [6.45, 7) is 2.35. The second kappa shape index (κ2) is 13.9. The van der Waals surface area contributed by atoms with E-state index in [1.165, 1.54) is 11.3 Å². The maximum atomic E-state index is 13.6. The van der Waals surface area contributed by atoms with Gasteiger partial charge >= 0.3 is 0 Å². The van der Waals surface area contributed by atoms with Crippen molar-refractivity contribution in [2.75, 3.05) is 12.0 Å². The second-order valence-electron chi connectivity index (χ2n) is 11.2. The summed E-state index contributed by atoms with van der Waals surface area (Å²) < 4.78 is 22.2. The predicted molar refractivity (Wildman–Crippen MR) is 153 cm³/mol. The zero-order valence-corrected chi connectivity index (χ0v) is 23.8. The maximum absolute atomic E-state index is 13.6. The van der Waals surface area contributed by atoms with E-state index >= 15 is 0 Å². The third kappa shape index (κ3) is 7.48. The fourth-order valence-electron chi connectivity index (χ4n) is 6.07. The van der Waals surface area contributed by atoms with Crippen molar-refractivity contribution in [3.8, 4) is 0 Å². The minimum atomic E-state index is -2.23. The highest BCUT2D eigenvalue weighted by Crippen LogP contribution is 2.35. The van der Waals surface area contributed by atoms with Crippen LogP contribution in [-0.4, -0.2) is 53.7 Å². The van der Waals surface area contributed by atoms with Crippen molar-refractivity contribution in [3.63, 3.8) is 0 Å². The van der Waals surface area contributed by atoms with Gasteiger partial charge in [0.15, 0.2) is 0 Å². The first kappa shape index (κ1) is 29.7. The highest BCUT2D eigenvalue weighted by atomic mass is 32.2. The minimum Gasteiger partial charge on any atom is -0.354 e. The highest BCUT2D eigenvalue weighted by Gasteiger charge is 2.45. The molecule has 1 aromatic rings. The molecule has 0 bridgehead atoms. The molecule has 4 rings (SSSR count). The van der Waals surface area contributed by atoms with Crippen LogP contribution in [0.15, 0.2) is 48.1 Å². The quantitative estimate of drug-likeness (QED) is 0.207. The van der Waals surface area contributed by atoms with Crippen molar-refractivity contribution in [1.82, 2.24) is 10.2 Å². The molecule has 3 aliphatic rings. The van der Waals surface area contributed by atoms with Crippen molar-refractivity contribution in [3.05, 3.63) is 53.6 Å². The number of nitrogens with one attached hydrogen (secondary N) is 2. The van der Waals surface area contributed by atoms with Gasteiger partial charge in [0.2, 0.25) is 28.0 Å².